The quantitative estimate of drug-likeness (QED) is 0.813. The van der Waals surface area contributed by atoms with E-state index in [1.54, 1.807) is 11.1 Å². The number of nitrogens with one attached hydrogen (secondary N) is 1. The third-order valence-corrected chi connectivity index (χ3v) is 4.00. The Balaban J connectivity index is 1.86. The largest absolute Gasteiger partial charge is 0.310 e. The summed E-state index contributed by atoms with van der Waals surface area (Å²) in [7, 11) is 0. The maximum absolute atomic E-state index is 3.65. The van der Waals surface area contributed by atoms with Crippen LogP contribution in [0, 0.1) is 5.92 Å². The van der Waals surface area contributed by atoms with Crippen molar-refractivity contribution >= 4 is 0 Å². The Bertz CT molecular complexity index is 379. The van der Waals surface area contributed by atoms with Crippen molar-refractivity contribution in [1.82, 2.24) is 5.32 Å². The van der Waals surface area contributed by atoms with Crippen LogP contribution in [0.1, 0.15) is 48.9 Å². The third-order valence-electron chi connectivity index (χ3n) is 4.00. The highest BCUT2D eigenvalue weighted by Crippen LogP contribution is 2.41. The number of hydrogen-bond acceptors (Lipinski definition) is 1. The lowest BCUT2D eigenvalue weighted by molar-refractivity contribution is 0.496. The molecule has 1 aromatic carbocycles. The summed E-state index contributed by atoms with van der Waals surface area (Å²) in [6, 6.07) is 7.81. The van der Waals surface area contributed by atoms with Gasteiger partial charge in [-0.05, 0) is 61.3 Å². The minimum absolute atomic E-state index is 0.621. The molecular weight excluding hydrogens is 194 g/mol. The van der Waals surface area contributed by atoms with E-state index in [-0.39, 0.29) is 0 Å². The van der Waals surface area contributed by atoms with Crippen molar-refractivity contribution in [3.63, 3.8) is 0 Å². The van der Waals surface area contributed by atoms with Gasteiger partial charge in [-0.15, -0.1) is 0 Å². The van der Waals surface area contributed by atoms with Gasteiger partial charge in [0.25, 0.3) is 0 Å². The van der Waals surface area contributed by atoms with Crippen molar-refractivity contribution in [1.29, 1.82) is 0 Å². The summed E-state index contributed by atoms with van der Waals surface area (Å²) in [5.74, 6) is 0.902. The fourth-order valence-corrected chi connectivity index (χ4v) is 2.99. The summed E-state index contributed by atoms with van der Waals surface area (Å²) in [4.78, 5) is 0. The van der Waals surface area contributed by atoms with E-state index in [0.717, 1.165) is 12.5 Å². The fraction of sp³-hybridized carbons (Fsp3) is 0.600. The molecule has 0 aliphatic heterocycles. The molecule has 0 heterocycles. The van der Waals surface area contributed by atoms with Gasteiger partial charge in [-0.3, -0.25) is 0 Å². The predicted molar refractivity (Wildman–Crippen MR) is 67.6 cm³/mol. The van der Waals surface area contributed by atoms with E-state index in [1.165, 1.54) is 37.7 Å². The smallest absolute Gasteiger partial charge is 0.0348 e. The molecule has 1 aromatic rings. The molecule has 0 spiro atoms. The van der Waals surface area contributed by atoms with Crippen LogP contribution in [0.5, 0.6) is 0 Å². The van der Waals surface area contributed by atoms with Crippen molar-refractivity contribution in [3.05, 3.63) is 34.9 Å². The molecule has 86 valence electrons. The molecule has 0 radical (unpaired) electrons. The number of hydrogen-bond donors (Lipinski definition) is 1. The van der Waals surface area contributed by atoms with E-state index >= 15 is 0 Å². The molecule has 2 aliphatic rings. The minimum Gasteiger partial charge on any atom is -0.310 e. The van der Waals surface area contributed by atoms with Crippen LogP contribution in [-0.4, -0.2) is 6.54 Å². The molecular formula is C15H21N. The average Bonchev–Trinajstić information content (AvgIpc) is 3.03. The Morgan fingerprint density at radius 3 is 2.81 bits per heavy atom. The standard InChI is InChI=1S/C15H21N/c1-2-16-15(12-7-8-12)14-9-6-11-4-3-5-13(11)10-14/h6,9-10,12,15-16H,2-5,7-8H2,1H3. The Kier molecular flexibility index (Phi) is 2.72. The second-order valence-corrected chi connectivity index (χ2v) is 5.25. The molecule has 1 saturated carbocycles. The summed E-state index contributed by atoms with van der Waals surface area (Å²) in [6.07, 6.45) is 6.77. The first-order valence-corrected chi connectivity index (χ1v) is 6.73. The Hall–Kier alpha value is -0.820. The molecule has 1 heteroatoms. The molecule has 1 fully saturated rings. The molecule has 1 atom stereocenters. The van der Waals surface area contributed by atoms with Crippen molar-refractivity contribution in [2.24, 2.45) is 5.92 Å². The van der Waals surface area contributed by atoms with Crippen molar-refractivity contribution < 1.29 is 0 Å². The van der Waals surface area contributed by atoms with Crippen LogP contribution in [0.25, 0.3) is 0 Å². The van der Waals surface area contributed by atoms with Gasteiger partial charge < -0.3 is 5.32 Å². The van der Waals surface area contributed by atoms with Gasteiger partial charge in [-0.1, -0.05) is 25.1 Å². The first-order valence-electron chi connectivity index (χ1n) is 6.73. The Morgan fingerprint density at radius 2 is 2.06 bits per heavy atom. The molecule has 0 bridgehead atoms. The maximum atomic E-state index is 3.65. The molecule has 16 heavy (non-hydrogen) atoms. The normalized spacial score (nSPS) is 20.8. The van der Waals surface area contributed by atoms with Gasteiger partial charge in [0, 0.05) is 6.04 Å². The second-order valence-electron chi connectivity index (χ2n) is 5.25. The first-order chi connectivity index (χ1) is 7.88. The van der Waals surface area contributed by atoms with Gasteiger partial charge >= 0.3 is 0 Å². The average molecular weight is 215 g/mol. The number of rotatable bonds is 4. The molecule has 1 unspecified atom stereocenters. The van der Waals surface area contributed by atoms with Gasteiger partial charge in [-0.25, -0.2) is 0 Å². The predicted octanol–water partition coefficient (Wildman–Crippen LogP) is 3.24. The van der Waals surface area contributed by atoms with Crippen LogP contribution in [0.15, 0.2) is 18.2 Å². The van der Waals surface area contributed by atoms with Crippen LogP contribution in [0.2, 0.25) is 0 Å². The third kappa shape index (κ3) is 1.89. The Labute approximate surface area is 98.3 Å². The van der Waals surface area contributed by atoms with Crippen LogP contribution in [-0.2, 0) is 12.8 Å². The second kappa shape index (κ2) is 4.21. The van der Waals surface area contributed by atoms with Gasteiger partial charge in [0.1, 0.15) is 0 Å². The number of aryl methyl sites for hydroxylation is 2. The lowest BCUT2D eigenvalue weighted by Gasteiger charge is -2.18. The molecule has 0 amide bonds. The summed E-state index contributed by atoms with van der Waals surface area (Å²) >= 11 is 0. The highest BCUT2D eigenvalue weighted by Gasteiger charge is 2.32. The Morgan fingerprint density at radius 1 is 1.25 bits per heavy atom. The summed E-state index contributed by atoms with van der Waals surface area (Å²) < 4.78 is 0. The van der Waals surface area contributed by atoms with Crippen LogP contribution < -0.4 is 5.32 Å². The van der Waals surface area contributed by atoms with Gasteiger partial charge in [0.05, 0.1) is 0 Å². The zero-order chi connectivity index (χ0) is 11.0. The topological polar surface area (TPSA) is 12.0 Å². The number of benzene rings is 1. The number of fused-ring (bicyclic) bond motifs is 1. The highest BCUT2D eigenvalue weighted by molar-refractivity contribution is 5.37. The molecule has 2 aliphatic carbocycles. The van der Waals surface area contributed by atoms with Crippen molar-refractivity contribution in [2.45, 2.75) is 45.1 Å². The molecule has 1 nitrogen and oxygen atoms in total. The molecule has 3 rings (SSSR count). The van der Waals surface area contributed by atoms with E-state index in [0.29, 0.717) is 6.04 Å². The van der Waals surface area contributed by atoms with Crippen LogP contribution in [0.4, 0.5) is 0 Å². The van der Waals surface area contributed by atoms with E-state index < -0.39 is 0 Å². The molecule has 1 N–H and O–H groups in total. The maximum Gasteiger partial charge on any atom is 0.0348 e. The lowest BCUT2D eigenvalue weighted by atomic mass is 9.98. The van der Waals surface area contributed by atoms with Crippen molar-refractivity contribution in [2.75, 3.05) is 6.54 Å². The zero-order valence-corrected chi connectivity index (χ0v) is 10.1. The van der Waals surface area contributed by atoms with E-state index in [1.807, 2.05) is 0 Å². The van der Waals surface area contributed by atoms with Crippen LogP contribution in [0.3, 0.4) is 0 Å². The highest BCUT2D eigenvalue weighted by atomic mass is 14.9. The van der Waals surface area contributed by atoms with E-state index in [9.17, 15) is 0 Å². The van der Waals surface area contributed by atoms with Gasteiger partial charge in [-0.2, -0.15) is 0 Å². The lowest BCUT2D eigenvalue weighted by Crippen LogP contribution is -2.22. The van der Waals surface area contributed by atoms with E-state index in [2.05, 4.69) is 30.4 Å². The van der Waals surface area contributed by atoms with E-state index in [4.69, 9.17) is 0 Å². The summed E-state index contributed by atoms with van der Waals surface area (Å²) in [6.45, 7) is 3.29. The van der Waals surface area contributed by atoms with Gasteiger partial charge in [0.2, 0.25) is 0 Å². The molecule has 0 aromatic heterocycles. The van der Waals surface area contributed by atoms with Crippen molar-refractivity contribution in [3.8, 4) is 0 Å². The minimum atomic E-state index is 0.621. The van der Waals surface area contributed by atoms with Crippen LogP contribution >= 0.6 is 0 Å². The summed E-state index contributed by atoms with van der Waals surface area (Å²) in [5, 5.41) is 3.65. The zero-order valence-electron chi connectivity index (χ0n) is 10.1. The first kappa shape index (κ1) is 10.3. The SMILES string of the molecule is CCNC(c1ccc2c(c1)CCC2)C1CC1. The summed E-state index contributed by atoms with van der Waals surface area (Å²) in [5.41, 5.74) is 4.74. The molecule has 0 saturated heterocycles. The monoisotopic (exact) mass is 215 g/mol. The van der Waals surface area contributed by atoms with Gasteiger partial charge in [0.15, 0.2) is 0 Å². The fourth-order valence-electron chi connectivity index (χ4n) is 2.99.